The number of phenols is 1. The van der Waals surface area contributed by atoms with Crippen LogP contribution < -0.4 is 5.32 Å². The van der Waals surface area contributed by atoms with E-state index in [-0.39, 0.29) is 11.7 Å². The Morgan fingerprint density at radius 2 is 1.80 bits per heavy atom. The maximum atomic E-state index is 12.0. The zero-order chi connectivity index (χ0) is 13.9. The van der Waals surface area contributed by atoms with Crippen molar-refractivity contribution in [3.05, 3.63) is 59.7 Å². The summed E-state index contributed by atoms with van der Waals surface area (Å²) in [6.07, 6.45) is 0. The Balaban J connectivity index is 1.58. The Labute approximate surface area is 117 Å². The molecule has 1 aliphatic rings. The van der Waals surface area contributed by atoms with Gasteiger partial charge in [0.2, 0.25) is 5.91 Å². The van der Waals surface area contributed by atoms with Crippen LogP contribution in [0.5, 0.6) is 5.75 Å². The lowest BCUT2D eigenvalue weighted by atomic mass is 10.1. The molecule has 0 aromatic heterocycles. The minimum Gasteiger partial charge on any atom is -0.508 e. The van der Waals surface area contributed by atoms with Gasteiger partial charge in [-0.2, -0.15) is 0 Å². The summed E-state index contributed by atoms with van der Waals surface area (Å²) in [6, 6.07) is 14.8. The molecule has 0 spiro atoms. The average Bonchev–Trinajstić information content (AvgIpc) is 2.80. The van der Waals surface area contributed by atoms with Crippen LogP contribution in [-0.2, 0) is 17.9 Å². The van der Waals surface area contributed by atoms with Crippen LogP contribution in [0.1, 0.15) is 11.1 Å². The Morgan fingerprint density at radius 1 is 1.10 bits per heavy atom. The van der Waals surface area contributed by atoms with E-state index in [1.807, 2.05) is 12.1 Å². The Bertz CT molecular complexity index is 615. The maximum Gasteiger partial charge on any atom is 0.238 e. The van der Waals surface area contributed by atoms with E-state index in [0.717, 1.165) is 13.1 Å². The summed E-state index contributed by atoms with van der Waals surface area (Å²) >= 11 is 0. The van der Waals surface area contributed by atoms with Crippen molar-refractivity contribution in [2.75, 3.05) is 11.9 Å². The molecule has 4 nitrogen and oxygen atoms in total. The van der Waals surface area contributed by atoms with Crippen LogP contribution in [0, 0.1) is 0 Å². The maximum absolute atomic E-state index is 12.0. The summed E-state index contributed by atoms with van der Waals surface area (Å²) < 4.78 is 0. The molecule has 0 saturated carbocycles. The molecule has 0 saturated heterocycles. The number of rotatable bonds is 3. The fraction of sp³-hybridized carbons (Fsp3) is 0.188. The molecule has 0 fully saturated rings. The summed E-state index contributed by atoms with van der Waals surface area (Å²) in [5.41, 5.74) is 3.20. The molecule has 1 heterocycles. The third-order valence-corrected chi connectivity index (χ3v) is 3.40. The van der Waals surface area contributed by atoms with Crippen molar-refractivity contribution in [3.8, 4) is 5.75 Å². The number of carbonyl (C=O) groups is 1. The van der Waals surface area contributed by atoms with Gasteiger partial charge in [0, 0.05) is 24.8 Å². The molecule has 1 aliphatic heterocycles. The molecule has 2 N–H and O–H groups in total. The van der Waals surface area contributed by atoms with Gasteiger partial charge in [-0.05, 0) is 23.3 Å². The number of hydrogen-bond donors (Lipinski definition) is 2. The summed E-state index contributed by atoms with van der Waals surface area (Å²) in [5.74, 6) is 0.0831. The molecule has 0 bridgehead atoms. The first-order valence-corrected chi connectivity index (χ1v) is 6.59. The number of phenolic OH excluding ortho intramolecular Hbond substituents is 1. The van der Waals surface area contributed by atoms with Gasteiger partial charge in [-0.15, -0.1) is 0 Å². The Hall–Kier alpha value is -2.33. The van der Waals surface area contributed by atoms with Crippen molar-refractivity contribution >= 4 is 11.6 Å². The smallest absolute Gasteiger partial charge is 0.238 e. The molecular formula is C16H16N2O2. The lowest BCUT2D eigenvalue weighted by molar-refractivity contribution is -0.117. The number of anilines is 1. The van der Waals surface area contributed by atoms with Gasteiger partial charge in [-0.3, -0.25) is 9.69 Å². The molecule has 2 aromatic rings. The first-order valence-electron chi connectivity index (χ1n) is 6.59. The van der Waals surface area contributed by atoms with Gasteiger partial charge < -0.3 is 10.4 Å². The molecular weight excluding hydrogens is 252 g/mol. The third kappa shape index (κ3) is 2.81. The van der Waals surface area contributed by atoms with E-state index in [9.17, 15) is 9.90 Å². The van der Waals surface area contributed by atoms with E-state index in [4.69, 9.17) is 0 Å². The van der Waals surface area contributed by atoms with Crippen LogP contribution >= 0.6 is 0 Å². The summed E-state index contributed by atoms with van der Waals surface area (Å²) in [7, 11) is 0. The van der Waals surface area contributed by atoms with Gasteiger partial charge in [0.25, 0.3) is 0 Å². The second-order valence-corrected chi connectivity index (χ2v) is 5.01. The van der Waals surface area contributed by atoms with Crippen molar-refractivity contribution in [1.82, 2.24) is 4.90 Å². The second-order valence-electron chi connectivity index (χ2n) is 5.01. The van der Waals surface area contributed by atoms with Crippen molar-refractivity contribution in [1.29, 1.82) is 0 Å². The molecule has 3 rings (SSSR count). The SMILES string of the molecule is O=C(CN1Cc2ccccc2C1)Nc1cccc(O)c1. The van der Waals surface area contributed by atoms with Crippen LogP contribution in [0.2, 0.25) is 0 Å². The number of hydrogen-bond acceptors (Lipinski definition) is 3. The molecule has 102 valence electrons. The largest absolute Gasteiger partial charge is 0.508 e. The minimum absolute atomic E-state index is 0.0663. The number of carbonyl (C=O) groups excluding carboxylic acids is 1. The van der Waals surface area contributed by atoms with Crippen LogP contribution in [0.25, 0.3) is 0 Å². The van der Waals surface area contributed by atoms with Gasteiger partial charge in [0.05, 0.1) is 6.54 Å². The zero-order valence-corrected chi connectivity index (χ0v) is 11.0. The fourth-order valence-corrected chi connectivity index (χ4v) is 2.50. The highest BCUT2D eigenvalue weighted by molar-refractivity contribution is 5.92. The standard InChI is InChI=1S/C16H16N2O2/c19-15-7-3-6-14(8-15)17-16(20)11-18-9-12-4-1-2-5-13(12)10-18/h1-8,19H,9-11H2,(H,17,20). The number of nitrogens with one attached hydrogen (secondary N) is 1. The van der Waals surface area contributed by atoms with Crippen LogP contribution in [0.3, 0.4) is 0 Å². The summed E-state index contributed by atoms with van der Waals surface area (Å²) in [5, 5.41) is 12.2. The third-order valence-electron chi connectivity index (χ3n) is 3.40. The van der Waals surface area contributed by atoms with Crippen molar-refractivity contribution < 1.29 is 9.90 Å². The number of benzene rings is 2. The van der Waals surface area contributed by atoms with Crippen LogP contribution in [-0.4, -0.2) is 22.5 Å². The van der Waals surface area contributed by atoms with Gasteiger partial charge >= 0.3 is 0 Å². The zero-order valence-electron chi connectivity index (χ0n) is 11.0. The number of fused-ring (bicyclic) bond motifs is 1. The second kappa shape index (κ2) is 5.35. The van der Waals surface area contributed by atoms with Crippen molar-refractivity contribution in [2.45, 2.75) is 13.1 Å². The molecule has 20 heavy (non-hydrogen) atoms. The monoisotopic (exact) mass is 268 g/mol. The molecule has 1 amide bonds. The molecule has 4 heteroatoms. The molecule has 0 atom stereocenters. The van der Waals surface area contributed by atoms with Gasteiger partial charge in [-0.25, -0.2) is 0 Å². The molecule has 0 aliphatic carbocycles. The van der Waals surface area contributed by atoms with Crippen molar-refractivity contribution in [3.63, 3.8) is 0 Å². The minimum atomic E-state index is -0.0663. The Morgan fingerprint density at radius 3 is 2.45 bits per heavy atom. The first kappa shape index (κ1) is 12.7. The topological polar surface area (TPSA) is 52.6 Å². The molecule has 2 aromatic carbocycles. The van der Waals surface area contributed by atoms with Crippen molar-refractivity contribution in [2.24, 2.45) is 0 Å². The highest BCUT2D eigenvalue weighted by Crippen LogP contribution is 2.22. The van der Waals surface area contributed by atoms with E-state index in [0.29, 0.717) is 12.2 Å². The van der Waals surface area contributed by atoms with Crippen LogP contribution in [0.4, 0.5) is 5.69 Å². The lowest BCUT2D eigenvalue weighted by Gasteiger charge is -2.14. The predicted octanol–water partition coefficient (Wildman–Crippen LogP) is 2.35. The van der Waals surface area contributed by atoms with E-state index < -0.39 is 0 Å². The number of aromatic hydroxyl groups is 1. The summed E-state index contributed by atoms with van der Waals surface area (Å²) in [4.78, 5) is 14.1. The summed E-state index contributed by atoms with van der Waals surface area (Å²) in [6.45, 7) is 1.97. The van der Waals surface area contributed by atoms with E-state index >= 15 is 0 Å². The normalized spacial score (nSPS) is 14.0. The highest BCUT2D eigenvalue weighted by atomic mass is 16.3. The van der Waals surface area contributed by atoms with Gasteiger partial charge in [0.15, 0.2) is 0 Å². The van der Waals surface area contributed by atoms with Gasteiger partial charge in [0.1, 0.15) is 5.75 Å². The predicted molar refractivity (Wildman–Crippen MR) is 77.3 cm³/mol. The fourth-order valence-electron chi connectivity index (χ4n) is 2.50. The van der Waals surface area contributed by atoms with Gasteiger partial charge in [-0.1, -0.05) is 30.3 Å². The first-order chi connectivity index (χ1) is 9.70. The highest BCUT2D eigenvalue weighted by Gasteiger charge is 2.20. The van der Waals surface area contributed by atoms with E-state index in [1.54, 1.807) is 18.2 Å². The average molecular weight is 268 g/mol. The van der Waals surface area contributed by atoms with Crippen LogP contribution in [0.15, 0.2) is 48.5 Å². The number of amides is 1. The van der Waals surface area contributed by atoms with E-state index in [2.05, 4.69) is 22.3 Å². The Kier molecular flexibility index (Phi) is 3.39. The lowest BCUT2D eigenvalue weighted by Crippen LogP contribution is -2.29. The quantitative estimate of drug-likeness (QED) is 0.898. The molecule has 0 unspecified atom stereocenters. The van der Waals surface area contributed by atoms with E-state index in [1.165, 1.54) is 17.2 Å². The number of nitrogens with zero attached hydrogens (tertiary/aromatic N) is 1. The molecule has 0 radical (unpaired) electrons.